The molecule has 1 aliphatic heterocycles. The summed E-state index contributed by atoms with van der Waals surface area (Å²) in [6, 6.07) is 14.0. The highest BCUT2D eigenvalue weighted by molar-refractivity contribution is 5.94. The zero-order chi connectivity index (χ0) is 17.2. The van der Waals surface area contributed by atoms with Crippen LogP contribution in [0, 0.1) is 0 Å². The molecule has 0 N–H and O–H groups in total. The third-order valence-corrected chi connectivity index (χ3v) is 5.22. The van der Waals surface area contributed by atoms with Crippen molar-refractivity contribution in [2.45, 2.75) is 52.4 Å². The number of rotatable bonds is 0. The number of hydrogen-bond acceptors (Lipinski definition) is 0. The van der Waals surface area contributed by atoms with Crippen molar-refractivity contribution in [2.75, 3.05) is 14.1 Å². The number of quaternary nitrogens is 1. The van der Waals surface area contributed by atoms with Crippen molar-refractivity contribution in [1.82, 2.24) is 4.48 Å². The monoisotopic (exact) mass is 308 g/mol. The van der Waals surface area contributed by atoms with E-state index in [4.69, 9.17) is 0 Å². The molecule has 2 aromatic carbocycles. The molecule has 1 aliphatic rings. The van der Waals surface area contributed by atoms with Crippen molar-refractivity contribution in [3.8, 4) is 11.1 Å². The Morgan fingerprint density at radius 3 is 1.26 bits per heavy atom. The van der Waals surface area contributed by atoms with E-state index >= 15 is 0 Å². The summed E-state index contributed by atoms with van der Waals surface area (Å²) >= 11 is 0. The first-order chi connectivity index (χ1) is 10.4. The van der Waals surface area contributed by atoms with Crippen LogP contribution in [-0.2, 0) is 10.8 Å². The normalized spacial score (nSPS) is 16.2. The first-order valence-corrected chi connectivity index (χ1v) is 8.57. The van der Waals surface area contributed by atoms with Gasteiger partial charge in [-0.3, -0.25) is 4.48 Å². The Labute approximate surface area is 141 Å². The van der Waals surface area contributed by atoms with E-state index in [1.54, 1.807) is 0 Å². The predicted molar refractivity (Wildman–Crippen MR) is 103 cm³/mol. The average molecular weight is 308 g/mol. The second kappa shape index (κ2) is 4.70. The number of nitrogens with zero attached hydrogens (tertiary/aromatic N) is 1. The van der Waals surface area contributed by atoms with Crippen LogP contribution in [0.15, 0.2) is 36.4 Å². The lowest BCUT2D eigenvalue weighted by molar-refractivity contribution is 0.552. The van der Waals surface area contributed by atoms with Gasteiger partial charge in [0, 0.05) is 23.3 Å². The minimum atomic E-state index is 0.181. The Morgan fingerprint density at radius 1 is 0.609 bits per heavy atom. The summed E-state index contributed by atoms with van der Waals surface area (Å²) < 4.78 is 0.832. The largest absolute Gasteiger partial charge is 0.263 e. The third-order valence-electron chi connectivity index (χ3n) is 5.22. The summed E-state index contributed by atoms with van der Waals surface area (Å²) in [7, 11) is 4.62. The molecule has 23 heavy (non-hydrogen) atoms. The van der Waals surface area contributed by atoms with Crippen LogP contribution in [0.3, 0.4) is 0 Å². The first-order valence-electron chi connectivity index (χ1n) is 8.57. The molecule has 0 aliphatic carbocycles. The van der Waals surface area contributed by atoms with Crippen molar-refractivity contribution < 1.29 is 0 Å². The summed E-state index contributed by atoms with van der Waals surface area (Å²) in [6.07, 6.45) is 0. The molecule has 122 valence electrons. The molecule has 0 spiro atoms. The lowest BCUT2D eigenvalue weighted by Gasteiger charge is -2.28. The van der Waals surface area contributed by atoms with Gasteiger partial charge in [-0.25, -0.2) is 0 Å². The van der Waals surface area contributed by atoms with E-state index in [0.717, 1.165) is 4.48 Å². The van der Waals surface area contributed by atoms with E-state index < -0.39 is 0 Å². The molecule has 0 fully saturated rings. The zero-order valence-corrected chi connectivity index (χ0v) is 15.9. The third kappa shape index (κ3) is 2.52. The van der Waals surface area contributed by atoms with Gasteiger partial charge in [0.15, 0.2) is 0 Å². The van der Waals surface area contributed by atoms with E-state index in [2.05, 4.69) is 92.0 Å². The molecule has 3 rings (SSSR count). The van der Waals surface area contributed by atoms with E-state index in [9.17, 15) is 0 Å². The van der Waals surface area contributed by atoms with Crippen molar-refractivity contribution in [3.05, 3.63) is 47.5 Å². The van der Waals surface area contributed by atoms with E-state index in [1.165, 1.54) is 33.6 Å². The van der Waals surface area contributed by atoms with Crippen LogP contribution in [0.1, 0.15) is 52.7 Å². The quantitative estimate of drug-likeness (QED) is 0.511. The Bertz CT molecular complexity index is 702. The van der Waals surface area contributed by atoms with Crippen LogP contribution in [0.2, 0.25) is 0 Å². The standard InChI is InChI=1S/C22H30N/c1-21(2,3)15-9-11-17-18-12-10-16(22(4,5)6)14-20(18)23(7,8)19(17)13-15/h9-14H,1-8H3/q+1. The maximum absolute atomic E-state index is 2.41. The molecule has 0 aromatic heterocycles. The second-order valence-corrected chi connectivity index (χ2v) is 9.42. The van der Waals surface area contributed by atoms with Crippen LogP contribution < -0.4 is 4.48 Å². The van der Waals surface area contributed by atoms with E-state index in [1.807, 2.05) is 0 Å². The number of hydrogen-bond donors (Lipinski definition) is 0. The van der Waals surface area contributed by atoms with Crippen LogP contribution in [0.4, 0.5) is 11.4 Å². The van der Waals surface area contributed by atoms with E-state index in [-0.39, 0.29) is 10.8 Å². The van der Waals surface area contributed by atoms with Crippen LogP contribution in [0.25, 0.3) is 11.1 Å². The molecular formula is C22H30N+. The molecule has 2 aromatic rings. The molecule has 0 amide bonds. The maximum atomic E-state index is 2.41. The summed E-state index contributed by atoms with van der Waals surface area (Å²) in [5.74, 6) is 0. The summed E-state index contributed by atoms with van der Waals surface area (Å²) in [6.45, 7) is 13.7. The van der Waals surface area contributed by atoms with Gasteiger partial charge in [0.1, 0.15) is 11.4 Å². The maximum Gasteiger partial charge on any atom is 0.145 e. The van der Waals surface area contributed by atoms with Crippen LogP contribution >= 0.6 is 0 Å². The van der Waals surface area contributed by atoms with Crippen molar-refractivity contribution in [3.63, 3.8) is 0 Å². The summed E-state index contributed by atoms with van der Waals surface area (Å²) in [5.41, 5.74) is 8.78. The van der Waals surface area contributed by atoms with Crippen LogP contribution in [-0.4, -0.2) is 14.1 Å². The molecule has 1 nitrogen and oxygen atoms in total. The van der Waals surface area contributed by atoms with Gasteiger partial charge in [0.05, 0.1) is 14.1 Å². The van der Waals surface area contributed by atoms with Gasteiger partial charge >= 0.3 is 0 Å². The highest BCUT2D eigenvalue weighted by Crippen LogP contribution is 2.52. The lowest BCUT2D eigenvalue weighted by atomic mass is 9.85. The fraction of sp³-hybridized carbons (Fsp3) is 0.455. The Kier molecular flexibility index (Phi) is 3.33. The van der Waals surface area contributed by atoms with Crippen LogP contribution in [0.5, 0.6) is 0 Å². The molecular weight excluding hydrogens is 278 g/mol. The Hall–Kier alpha value is -1.60. The van der Waals surface area contributed by atoms with Crippen molar-refractivity contribution in [1.29, 1.82) is 0 Å². The fourth-order valence-electron chi connectivity index (χ4n) is 3.51. The van der Waals surface area contributed by atoms with Gasteiger partial charge < -0.3 is 0 Å². The van der Waals surface area contributed by atoms with Gasteiger partial charge in [-0.1, -0.05) is 53.7 Å². The Balaban J connectivity index is 2.22. The summed E-state index contributed by atoms with van der Waals surface area (Å²) in [4.78, 5) is 0. The molecule has 1 heterocycles. The highest BCUT2D eigenvalue weighted by Gasteiger charge is 2.38. The fourth-order valence-corrected chi connectivity index (χ4v) is 3.51. The molecule has 0 bridgehead atoms. The zero-order valence-electron chi connectivity index (χ0n) is 15.9. The smallest absolute Gasteiger partial charge is 0.145 e. The van der Waals surface area contributed by atoms with Crippen molar-refractivity contribution >= 4 is 11.4 Å². The van der Waals surface area contributed by atoms with Gasteiger partial charge in [-0.2, -0.15) is 0 Å². The number of benzene rings is 2. The first kappa shape index (κ1) is 16.3. The summed E-state index contributed by atoms with van der Waals surface area (Å²) in [5, 5.41) is 0. The topological polar surface area (TPSA) is 0 Å². The van der Waals surface area contributed by atoms with E-state index in [0.29, 0.717) is 0 Å². The van der Waals surface area contributed by atoms with Gasteiger partial charge in [-0.15, -0.1) is 0 Å². The minimum Gasteiger partial charge on any atom is -0.263 e. The van der Waals surface area contributed by atoms with Crippen molar-refractivity contribution in [2.24, 2.45) is 0 Å². The molecule has 0 radical (unpaired) electrons. The van der Waals surface area contributed by atoms with Gasteiger partial charge in [0.25, 0.3) is 0 Å². The highest BCUT2D eigenvalue weighted by atomic mass is 15.3. The number of fused-ring (bicyclic) bond motifs is 3. The minimum absolute atomic E-state index is 0.181. The lowest BCUT2D eigenvalue weighted by Crippen LogP contribution is -2.32. The molecule has 0 unspecified atom stereocenters. The molecule has 0 atom stereocenters. The molecule has 0 saturated carbocycles. The van der Waals surface area contributed by atoms with Gasteiger partial charge in [-0.05, 0) is 34.1 Å². The SMILES string of the molecule is CC(C)(C)c1ccc2c(c1)[N+](C)(C)c1cc(C(C)(C)C)ccc1-2. The van der Waals surface area contributed by atoms with Gasteiger partial charge in [0.2, 0.25) is 0 Å². The average Bonchev–Trinajstić information content (AvgIpc) is 2.65. The predicted octanol–water partition coefficient (Wildman–Crippen LogP) is 6.16. The second-order valence-electron chi connectivity index (χ2n) is 9.42. The Morgan fingerprint density at radius 2 is 0.957 bits per heavy atom. The molecule has 1 heteroatoms. The molecule has 0 saturated heterocycles.